The first kappa shape index (κ1) is 22.2. The van der Waals surface area contributed by atoms with Crippen LogP contribution in [-0.4, -0.2) is 20.9 Å². The molecule has 2 aromatic heterocycles. The van der Waals surface area contributed by atoms with Crippen molar-refractivity contribution in [2.45, 2.75) is 19.4 Å². The topological polar surface area (TPSA) is 107 Å². The molecule has 4 rings (SSSR count). The minimum absolute atomic E-state index is 0.0359. The van der Waals surface area contributed by atoms with E-state index in [2.05, 4.69) is 15.3 Å². The highest BCUT2D eigenvalue weighted by Gasteiger charge is 2.25. The molecule has 0 aliphatic rings. The van der Waals surface area contributed by atoms with E-state index in [0.29, 0.717) is 32.9 Å². The van der Waals surface area contributed by atoms with Crippen molar-refractivity contribution < 1.29 is 14.5 Å². The largest absolute Gasteiger partial charge is 0.424 e. The fourth-order valence-electron chi connectivity index (χ4n) is 3.43. The molecule has 1 unspecified atom stereocenters. The molecule has 0 saturated carbocycles. The van der Waals surface area contributed by atoms with Gasteiger partial charge in [-0.2, -0.15) is 0 Å². The molecule has 4 aromatic rings. The first-order valence-electron chi connectivity index (χ1n) is 10.2. The van der Waals surface area contributed by atoms with Crippen molar-refractivity contribution in [2.24, 2.45) is 0 Å². The number of anilines is 1. The van der Waals surface area contributed by atoms with Gasteiger partial charge in [-0.1, -0.05) is 24.6 Å². The fraction of sp³-hybridized carbons (Fsp3) is 0.125. The molecular weight excluding hydrogens is 444 g/mol. The highest BCUT2D eigenvalue weighted by molar-refractivity contribution is 6.35. The highest BCUT2D eigenvalue weighted by atomic mass is 35.5. The number of benzene rings is 2. The Kier molecular flexibility index (Phi) is 6.46. The molecule has 0 saturated heterocycles. The molecule has 0 bridgehead atoms. The van der Waals surface area contributed by atoms with E-state index in [0.717, 1.165) is 0 Å². The number of esters is 1. The average molecular weight is 463 g/mol. The Labute approximate surface area is 194 Å². The number of hydrogen-bond donors (Lipinski definition) is 1. The summed E-state index contributed by atoms with van der Waals surface area (Å²) in [4.78, 5) is 31.7. The number of nitrogens with one attached hydrogen (secondary N) is 1. The Bertz CT molecular complexity index is 1310. The molecule has 2 heterocycles. The van der Waals surface area contributed by atoms with Gasteiger partial charge in [0.25, 0.3) is 5.69 Å². The minimum Gasteiger partial charge on any atom is -0.424 e. The monoisotopic (exact) mass is 462 g/mol. The third-order valence-electron chi connectivity index (χ3n) is 5.03. The second-order valence-electron chi connectivity index (χ2n) is 7.14. The number of rotatable bonds is 7. The molecule has 0 spiro atoms. The third kappa shape index (κ3) is 4.75. The molecule has 0 fully saturated rings. The van der Waals surface area contributed by atoms with Gasteiger partial charge >= 0.3 is 5.97 Å². The van der Waals surface area contributed by atoms with Crippen LogP contribution in [0, 0.1) is 10.1 Å². The van der Waals surface area contributed by atoms with E-state index in [1.165, 1.54) is 12.1 Å². The van der Waals surface area contributed by atoms with Gasteiger partial charge in [-0.15, -0.1) is 0 Å². The van der Waals surface area contributed by atoms with Crippen LogP contribution in [0.3, 0.4) is 0 Å². The molecule has 166 valence electrons. The molecule has 1 N–H and O–H groups in total. The van der Waals surface area contributed by atoms with E-state index in [1.807, 2.05) is 6.07 Å². The Morgan fingerprint density at radius 2 is 1.88 bits per heavy atom. The molecule has 0 aliphatic carbocycles. The van der Waals surface area contributed by atoms with E-state index >= 15 is 0 Å². The lowest BCUT2D eigenvalue weighted by Crippen LogP contribution is -2.17. The predicted molar refractivity (Wildman–Crippen MR) is 125 cm³/mol. The summed E-state index contributed by atoms with van der Waals surface area (Å²) in [6.07, 6.45) is 3.41. The van der Waals surface area contributed by atoms with Crippen molar-refractivity contribution >= 4 is 40.0 Å². The van der Waals surface area contributed by atoms with Gasteiger partial charge in [-0.3, -0.25) is 19.9 Å². The van der Waals surface area contributed by atoms with E-state index in [-0.39, 0.29) is 17.9 Å². The lowest BCUT2D eigenvalue weighted by molar-refractivity contribution is -0.384. The number of nitrogens with zero attached hydrogens (tertiary/aromatic N) is 3. The number of nitro benzene ring substituents is 1. The fourth-order valence-corrected chi connectivity index (χ4v) is 3.70. The number of aromatic nitrogens is 2. The van der Waals surface area contributed by atoms with Crippen LogP contribution < -0.4 is 10.1 Å². The quantitative estimate of drug-likeness (QED) is 0.162. The molecule has 0 radical (unpaired) electrons. The first-order valence-corrected chi connectivity index (χ1v) is 10.6. The average Bonchev–Trinajstić information content (AvgIpc) is 2.85. The minimum atomic E-state index is -0.593. The van der Waals surface area contributed by atoms with E-state index < -0.39 is 16.9 Å². The molecule has 1 atom stereocenters. The van der Waals surface area contributed by atoms with Crippen LogP contribution in [0.1, 0.15) is 30.5 Å². The number of ether oxygens (including phenoxy) is 1. The van der Waals surface area contributed by atoms with Gasteiger partial charge in [-0.05, 0) is 48.0 Å². The van der Waals surface area contributed by atoms with Gasteiger partial charge in [0.05, 0.1) is 16.0 Å². The van der Waals surface area contributed by atoms with Crippen molar-refractivity contribution in [3.05, 3.63) is 99.3 Å². The summed E-state index contributed by atoms with van der Waals surface area (Å²) >= 11 is 6.59. The Hall–Kier alpha value is -4.04. The zero-order chi connectivity index (χ0) is 23.4. The predicted octanol–water partition coefficient (Wildman–Crippen LogP) is 5.71. The summed E-state index contributed by atoms with van der Waals surface area (Å²) in [5.41, 5.74) is 1.64. The van der Waals surface area contributed by atoms with Crippen LogP contribution in [0.25, 0.3) is 10.9 Å². The second-order valence-corrected chi connectivity index (χ2v) is 7.55. The Balaban J connectivity index is 1.93. The number of pyridine rings is 2. The van der Waals surface area contributed by atoms with E-state index in [1.54, 1.807) is 61.8 Å². The zero-order valence-corrected chi connectivity index (χ0v) is 18.3. The smallest absolute Gasteiger partial charge is 0.310 e. The number of carbonyl (C=O) groups excluding carboxylic acids is 1. The summed E-state index contributed by atoms with van der Waals surface area (Å²) in [7, 11) is 0. The van der Waals surface area contributed by atoms with Crippen LogP contribution in [0.2, 0.25) is 5.02 Å². The Morgan fingerprint density at radius 3 is 2.55 bits per heavy atom. The maximum atomic E-state index is 12.3. The van der Waals surface area contributed by atoms with E-state index in [9.17, 15) is 14.9 Å². The summed E-state index contributed by atoms with van der Waals surface area (Å²) in [5.74, 6) is 0.408. The van der Waals surface area contributed by atoms with Crippen molar-refractivity contribution in [3.63, 3.8) is 0 Å². The lowest BCUT2D eigenvalue weighted by Gasteiger charge is -2.24. The molecule has 8 nitrogen and oxygen atoms in total. The SMILES string of the molecule is CCC(=O)Oc1c(C(Nc2ccccn2)c2ccc([N+](=O)[O-])cc2)cc(Cl)c2cccnc12. The van der Waals surface area contributed by atoms with Crippen molar-refractivity contribution in [1.82, 2.24) is 9.97 Å². The lowest BCUT2D eigenvalue weighted by atomic mass is 9.95. The first-order chi connectivity index (χ1) is 16.0. The molecule has 9 heteroatoms. The molecule has 2 aromatic carbocycles. The van der Waals surface area contributed by atoms with Crippen molar-refractivity contribution in [3.8, 4) is 5.75 Å². The summed E-state index contributed by atoms with van der Waals surface area (Å²) in [6, 6.07) is 16.2. The van der Waals surface area contributed by atoms with E-state index in [4.69, 9.17) is 16.3 Å². The molecule has 0 amide bonds. The number of halogens is 1. The maximum absolute atomic E-state index is 12.3. The molecule has 0 aliphatic heterocycles. The van der Waals surface area contributed by atoms with Crippen molar-refractivity contribution in [1.29, 1.82) is 0 Å². The van der Waals surface area contributed by atoms with Gasteiger partial charge in [0.15, 0.2) is 5.75 Å². The number of fused-ring (bicyclic) bond motifs is 1. The highest BCUT2D eigenvalue weighted by Crippen LogP contribution is 2.40. The standard InChI is InChI=1S/C24H19ClN4O4/c1-2-21(30)33-24-18(14-19(25)17-6-5-13-27-23(17)24)22(28-20-7-3-4-12-26-20)15-8-10-16(11-9-15)29(31)32/h3-14,22H,2H2,1H3,(H,26,28). The Morgan fingerprint density at radius 1 is 1.12 bits per heavy atom. The second kappa shape index (κ2) is 9.62. The number of hydrogen-bond acceptors (Lipinski definition) is 7. The van der Waals surface area contributed by atoms with Gasteiger partial charge in [0, 0.05) is 41.9 Å². The van der Waals surface area contributed by atoms with Crippen LogP contribution in [0.15, 0.2) is 73.1 Å². The number of nitro groups is 1. The normalized spacial score (nSPS) is 11.7. The van der Waals surface area contributed by atoms with Crippen molar-refractivity contribution in [2.75, 3.05) is 5.32 Å². The number of non-ortho nitro benzene ring substituents is 1. The zero-order valence-electron chi connectivity index (χ0n) is 17.6. The van der Waals surface area contributed by atoms with Gasteiger partial charge in [0.2, 0.25) is 0 Å². The van der Waals surface area contributed by atoms with Crippen LogP contribution in [0.5, 0.6) is 5.75 Å². The molecule has 33 heavy (non-hydrogen) atoms. The maximum Gasteiger partial charge on any atom is 0.310 e. The number of carbonyl (C=O) groups is 1. The third-order valence-corrected chi connectivity index (χ3v) is 5.35. The summed E-state index contributed by atoms with van der Waals surface area (Å²) < 4.78 is 5.74. The van der Waals surface area contributed by atoms with Crippen LogP contribution in [0.4, 0.5) is 11.5 Å². The van der Waals surface area contributed by atoms with Gasteiger partial charge in [-0.25, -0.2) is 4.98 Å². The summed E-state index contributed by atoms with van der Waals surface area (Å²) in [6.45, 7) is 1.70. The summed E-state index contributed by atoms with van der Waals surface area (Å²) in [5, 5.41) is 15.5. The van der Waals surface area contributed by atoms with Crippen LogP contribution in [-0.2, 0) is 4.79 Å². The van der Waals surface area contributed by atoms with Gasteiger partial charge < -0.3 is 10.1 Å². The van der Waals surface area contributed by atoms with Crippen LogP contribution >= 0.6 is 11.6 Å². The van der Waals surface area contributed by atoms with Gasteiger partial charge in [0.1, 0.15) is 11.3 Å². The molecular formula is C24H19ClN4O4.